The van der Waals surface area contributed by atoms with E-state index in [4.69, 9.17) is 13.9 Å². The Balaban J connectivity index is 1.88. The number of ether oxygens (including phenoxy) is 2. The van der Waals surface area contributed by atoms with Crippen LogP contribution in [-0.2, 0) is 0 Å². The first-order valence-electron chi connectivity index (χ1n) is 7.18. The van der Waals surface area contributed by atoms with E-state index in [2.05, 4.69) is 18.3 Å². The Labute approximate surface area is 129 Å². The molecule has 4 heteroatoms. The highest BCUT2D eigenvalue weighted by Crippen LogP contribution is 2.33. The third-order valence-corrected chi connectivity index (χ3v) is 3.65. The maximum absolute atomic E-state index is 5.90. The molecule has 22 heavy (non-hydrogen) atoms. The zero-order chi connectivity index (χ0) is 15.5. The van der Waals surface area contributed by atoms with E-state index in [0.717, 1.165) is 33.9 Å². The van der Waals surface area contributed by atoms with Crippen molar-refractivity contribution in [1.82, 2.24) is 0 Å². The molecular formula is C18H19NO3. The molecule has 1 heterocycles. The van der Waals surface area contributed by atoms with Gasteiger partial charge in [0.2, 0.25) is 0 Å². The SMILES string of the molecule is COc1ccc(OC)c(NC(C)c2cc3ccccc3o2)c1. The van der Waals surface area contributed by atoms with Crippen LogP contribution >= 0.6 is 0 Å². The average molecular weight is 297 g/mol. The molecule has 0 aliphatic rings. The Morgan fingerprint density at radius 1 is 1.00 bits per heavy atom. The van der Waals surface area contributed by atoms with Gasteiger partial charge in [0, 0.05) is 11.5 Å². The summed E-state index contributed by atoms with van der Waals surface area (Å²) in [5.74, 6) is 2.43. The highest BCUT2D eigenvalue weighted by atomic mass is 16.5. The number of hydrogen-bond acceptors (Lipinski definition) is 4. The molecule has 0 bridgehead atoms. The molecule has 0 saturated carbocycles. The Hall–Kier alpha value is -2.62. The molecule has 1 aromatic heterocycles. The quantitative estimate of drug-likeness (QED) is 0.746. The van der Waals surface area contributed by atoms with Crippen LogP contribution in [0, 0.1) is 0 Å². The first-order valence-corrected chi connectivity index (χ1v) is 7.18. The molecule has 1 atom stereocenters. The van der Waals surface area contributed by atoms with Gasteiger partial charge in [-0.05, 0) is 31.2 Å². The van der Waals surface area contributed by atoms with E-state index in [1.165, 1.54) is 0 Å². The number of fused-ring (bicyclic) bond motifs is 1. The maximum atomic E-state index is 5.90. The first-order chi connectivity index (χ1) is 10.7. The summed E-state index contributed by atoms with van der Waals surface area (Å²) in [7, 11) is 3.30. The van der Waals surface area contributed by atoms with E-state index in [-0.39, 0.29) is 6.04 Å². The summed E-state index contributed by atoms with van der Waals surface area (Å²) in [6.45, 7) is 2.05. The van der Waals surface area contributed by atoms with E-state index in [1.54, 1.807) is 14.2 Å². The molecule has 2 aromatic carbocycles. The highest BCUT2D eigenvalue weighted by molar-refractivity contribution is 5.78. The van der Waals surface area contributed by atoms with Crippen LogP contribution in [0.2, 0.25) is 0 Å². The van der Waals surface area contributed by atoms with Gasteiger partial charge >= 0.3 is 0 Å². The second-order valence-electron chi connectivity index (χ2n) is 5.12. The summed E-state index contributed by atoms with van der Waals surface area (Å²) in [4.78, 5) is 0. The summed E-state index contributed by atoms with van der Waals surface area (Å²) in [5.41, 5.74) is 1.76. The molecule has 1 unspecified atom stereocenters. The van der Waals surface area contributed by atoms with Crippen LogP contribution < -0.4 is 14.8 Å². The number of hydrogen-bond donors (Lipinski definition) is 1. The van der Waals surface area contributed by atoms with Crippen molar-refractivity contribution in [3.63, 3.8) is 0 Å². The van der Waals surface area contributed by atoms with Gasteiger partial charge in [-0.25, -0.2) is 0 Å². The summed E-state index contributed by atoms with van der Waals surface area (Å²) < 4.78 is 16.6. The molecule has 0 radical (unpaired) electrons. The molecule has 0 spiro atoms. The lowest BCUT2D eigenvalue weighted by Gasteiger charge is -2.16. The number of para-hydroxylation sites is 1. The molecule has 1 N–H and O–H groups in total. The first kappa shape index (κ1) is 14.3. The van der Waals surface area contributed by atoms with Gasteiger partial charge in [-0.15, -0.1) is 0 Å². The van der Waals surface area contributed by atoms with Crippen molar-refractivity contribution in [3.05, 3.63) is 54.3 Å². The zero-order valence-corrected chi connectivity index (χ0v) is 12.9. The van der Waals surface area contributed by atoms with Gasteiger partial charge in [-0.2, -0.15) is 0 Å². The monoisotopic (exact) mass is 297 g/mol. The second-order valence-corrected chi connectivity index (χ2v) is 5.12. The Morgan fingerprint density at radius 3 is 2.55 bits per heavy atom. The summed E-state index contributed by atoms with van der Waals surface area (Å²) in [5, 5.41) is 4.52. The van der Waals surface area contributed by atoms with Crippen LogP contribution in [0.3, 0.4) is 0 Å². The lowest BCUT2D eigenvalue weighted by atomic mass is 10.2. The topological polar surface area (TPSA) is 43.6 Å². The van der Waals surface area contributed by atoms with Crippen LogP contribution in [0.15, 0.2) is 52.9 Å². The van der Waals surface area contributed by atoms with Crippen molar-refractivity contribution in [1.29, 1.82) is 0 Å². The van der Waals surface area contributed by atoms with Gasteiger partial charge < -0.3 is 19.2 Å². The zero-order valence-electron chi connectivity index (χ0n) is 12.9. The Kier molecular flexibility index (Phi) is 3.92. The minimum absolute atomic E-state index is 0.00778. The summed E-state index contributed by atoms with van der Waals surface area (Å²) >= 11 is 0. The van der Waals surface area contributed by atoms with Crippen LogP contribution in [0.5, 0.6) is 11.5 Å². The molecule has 0 amide bonds. The van der Waals surface area contributed by atoms with Gasteiger partial charge in [-0.1, -0.05) is 18.2 Å². The molecule has 0 fully saturated rings. The highest BCUT2D eigenvalue weighted by Gasteiger charge is 2.14. The second kappa shape index (κ2) is 6.02. The van der Waals surface area contributed by atoms with Crippen LogP contribution in [0.1, 0.15) is 18.7 Å². The fourth-order valence-electron chi connectivity index (χ4n) is 2.45. The average Bonchev–Trinajstić information content (AvgIpc) is 2.99. The lowest BCUT2D eigenvalue weighted by molar-refractivity contribution is 0.404. The van der Waals surface area contributed by atoms with Gasteiger partial charge in [0.15, 0.2) is 0 Å². The predicted molar refractivity (Wildman–Crippen MR) is 87.8 cm³/mol. The molecule has 4 nitrogen and oxygen atoms in total. The van der Waals surface area contributed by atoms with Crippen LogP contribution in [0.25, 0.3) is 11.0 Å². The number of nitrogens with one attached hydrogen (secondary N) is 1. The van der Waals surface area contributed by atoms with E-state index in [0.29, 0.717) is 0 Å². The van der Waals surface area contributed by atoms with Gasteiger partial charge in [0.05, 0.1) is 25.9 Å². The molecule has 0 aliphatic carbocycles. The number of anilines is 1. The standard InChI is InChI=1S/C18H19NO3/c1-12(18-10-13-6-4-5-7-16(13)22-18)19-15-11-14(20-2)8-9-17(15)21-3/h4-12,19H,1-3H3. The van der Waals surface area contributed by atoms with Gasteiger partial charge in [0.1, 0.15) is 22.8 Å². The van der Waals surface area contributed by atoms with Crippen molar-refractivity contribution in [2.45, 2.75) is 13.0 Å². The molecule has 114 valence electrons. The number of furan rings is 1. The number of rotatable bonds is 5. The predicted octanol–water partition coefficient (Wildman–Crippen LogP) is 4.62. The summed E-state index contributed by atoms with van der Waals surface area (Å²) in [6, 6.07) is 15.7. The van der Waals surface area contributed by atoms with E-state index in [9.17, 15) is 0 Å². The van der Waals surface area contributed by atoms with Gasteiger partial charge in [-0.3, -0.25) is 0 Å². The molecular weight excluding hydrogens is 278 g/mol. The normalized spacial score (nSPS) is 12.1. The molecule has 3 rings (SSSR count). The molecule has 0 aliphatic heterocycles. The largest absolute Gasteiger partial charge is 0.497 e. The molecule has 3 aromatic rings. The van der Waals surface area contributed by atoms with Crippen molar-refractivity contribution < 1.29 is 13.9 Å². The Bertz CT molecular complexity index is 746. The number of benzene rings is 2. The smallest absolute Gasteiger partial charge is 0.142 e. The third-order valence-electron chi connectivity index (χ3n) is 3.65. The van der Waals surface area contributed by atoms with Gasteiger partial charge in [0.25, 0.3) is 0 Å². The van der Waals surface area contributed by atoms with E-state index >= 15 is 0 Å². The minimum Gasteiger partial charge on any atom is -0.497 e. The third kappa shape index (κ3) is 2.72. The summed E-state index contributed by atoms with van der Waals surface area (Å²) in [6.07, 6.45) is 0. The van der Waals surface area contributed by atoms with E-state index in [1.807, 2.05) is 42.5 Å². The van der Waals surface area contributed by atoms with Crippen molar-refractivity contribution in [2.24, 2.45) is 0 Å². The maximum Gasteiger partial charge on any atom is 0.142 e. The van der Waals surface area contributed by atoms with Crippen molar-refractivity contribution in [2.75, 3.05) is 19.5 Å². The number of methoxy groups -OCH3 is 2. The fourth-order valence-corrected chi connectivity index (χ4v) is 2.45. The minimum atomic E-state index is 0.00778. The lowest BCUT2D eigenvalue weighted by Crippen LogP contribution is -2.07. The molecule has 0 saturated heterocycles. The van der Waals surface area contributed by atoms with Crippen LogP contribution in [-0.4, -0.2) is 14.2 Å². The van der Waals surface area contributed by atoms with Crippen molar-refractivity contribution >= 4 is 16.7 Å². The van der Waals surface area contributed by atoms with E-state index < -0.39 is 0 Å². The van der Waals surface area contributed by atoms with Crippen LogP contribution in [0.4, 0.5) is 5.69 Å². The fraction of sp³-hybridized carbons (Fsp3) is 0.222. The van der Waals surface area contributed by atoms with Crippen molar-refractivity contribution in [3.8, 4) is 11.5 Å². The Morgan fingerprint density at radius 2 is 1.82 bits per heavy atom.